The molecule has 2 aromatic carbocycles. The molecular formula is C21H19N3O2. The third-order valence-electron chi connectivity index (χ3n) is 4.04. The zero-order valence-corrected chi connectivity index (χ0v) is 14.6. The number of hydrogen-bond donors (Lipinski definition) is 1. The summed E-state index contributed by atoms with van der Waals surface area (Å²) in [6.45, 7) is 1.49. The number of Topliss-reactive ketones (excluding diaryl/α,β-unsaturated/α-hetero) is 1. The molecule has 0 saturated carbocycles. The number of ketones is 1. The van der Waals surface area contributed by atoms with Crippen molar-refractivity contribution in [1.29, 1.82) is 0 Å². The standard InChI is InChI=1S/C21H19N3O2/c1-15(25)16-7-6-8-18(11-16)23-21(26)17-12-20(14-22-13-17)24(2)19-9-4-3-5-10-19/h3-14H,1-2H3,(H,23,26). The molecule has 1 aromatic heterocycles. The van der Waals surface area contributed by atoms with Crippen molar-refractivity contribution in [2.24, 2.45) is 0 Å². The lowest BCUT2D eigenvalue weighted by atomic mass is 10.1. The van der Waals surface area contributed by atoms with Gasteiger partial charge in [0.25, 0.3) is 5.91 Å². The summed E-state index contributed by atoms with van der Waals surface area (Å²) in [5.41, 5.74) is 3.38. The molecule has 0 unspecified atom stereocenters. The van der Waals surface area contributed by atoms with Crippen LogP contribution in [0.5, 0.6) is 0 Å². The minimum atomic E-state index is -0.276. The molecular weight excluding hydrogens is 326 g/mol. The van der Waals surface area contributed by atoms with Crippen LogP contribution in [0.15, 0.2) is 73.1 Å². The molecule has 0 aliphatic rings. The number of aromatic nitrogens is 1. The fraction of sp³-hybridized carbons (Fsp3) is 0.0952. The molecule has 5 nitrogen and oxygen atoms in total. The first-order chi connectivity index (χ1) is 12.5. The monoisotopic (exact) mass is 345 g/mol. The highest BCUT2D eigenvalue weighted by molar-refractivity contribution is 6.05. The molecule has 0 atom stereocenters. The minimum Gasteiger partial charge on any atom is -0.343 e. The maximum Gasteiger partial charge on any atom is 0.257 e. The number of hydrogen-bond acceptors (Lipinski definition) is 4. The number of nitrogens with zero attached hydrogens (tertiary/aromatic N) is 2. The summed E-state index contributed by atoms with van der Waals surface area (Å²) in [5, 5.41) is 2.81. The average Bonchev–Trinajstić information content (AvgIpc) is 2.68. The van der Waals surface area contributed by atoms with Gasteiger partial charge in [0.2, 0.25) is 0 Å². The molecule has 0 aliphatic heterocycles. The first-order valence-electron chi connectivity index (χ1n) is 8.21. The van der Waals surface area contributed by atoms with Gasteiger partial charge < -0.3 is 10.2 Å². The van der Waals surface area contributed by atoms with E-state index in [4.69, 9.17) is 0 Å². The fourth-order valence-corrected chi connectivity index (χ4v) is 2.56. The fourth-order valence-electron chi connectivity index (χ4n) is 2.56. The normalized spacial score (nSPS) is 10.2. The Morgan fingerprint density at radius 3 is 2.38 bits per heavy atom. The topological polar surface area (TPSA) is 62.3 Å². The highest BCUT2D eigenvalue weighted by atomic mass is 16.1. The predicted octanol–water partition coefficient (Wildman–Crippen LogP) is 4.30. The van der Waals surface area contributed by atoms with Crippen LogP contribution >= 0.6 is 0 Å². The van der Waals surface area contributed by atoms with E-state index in [1.807, 2.05) is 42.3 Å². The van der Waals surface area contributed by atoms with Gasteiger partial charge in [-0.1, -0.05) is 30.3 Å². The third-order valence-corrected chi connectivity index (χ3v) is 4.04. The smallest absolute Gasteiger partial charge is 0.257 e. The van der Waals surface area contributed by atoms with Crippen LogP contribution in [0.3, 0.4) is 0 Å². The van der Waals surface area contributed by atoms with Crippen LogP contribution in [0, 0.1) is 0 Å². The summed E-state index contributed by atoms with van der Waals surface area (Å²) in [6, 6.07) is 18.5. The lowest BCUT2D eigenvalue weighted by Crippen LogP contribution is -2.15. The Bertz CT molecular complexity index is 939. The van der Waals surface area contributed by atoms with Crippen molar-refractivity contribution in [2.45, 2.75) is 6.92 Å². The lowest BCUT2D eigenvalue weighted by Gasteiger charge is -2.19. The molecule has 3 aromatic rings. The Labute approximate surface area is 152 Å². The van der Waals surface area contributed by atoms with Gasteiger partial charge in [-0.25, -0.2) is 0 Å². The van der Waals surface area contributed by atoms with Crippen molar-refractivity contribution in [2.75, 3.05) is 17.3 Å². The molecule has 3 rings (SSSR count). The van der Waals surface area contributed by atoms with E-state index >= 15 is 0 Å². The van der Waals surface area contributed by atoms with Crippen molar-refractivity contribution in [3.05, 3.63) is 84.2 Å². The van der Waals surface area contributed by atoms with Crippen LogP contribution in [-0.4, -0.2) is 23.7 Å². The van der Waals surface area contributed by atoms with E-state index < -0.39 is 0 Å². The van der Waals surface area contributed by atoms with Crippen molar-refractivity contribution in [3.8, 4) is 0 Å². The maximum atomic E-state index is 12.6. The number of amides is 1. The van der Waals surface area contributed by atoms with Gasteiger partial charge in [0.05, 0.1) is 17.4 Å². The van der Waals surface area contributed by atoms with Crippen LogP contribution in [0.4, 0.5) is 17.1 Å². The Morgan fingerprint density at radius 1 is 0.885 bits per heavy atom. The summed E-state index contributed by atoms with van der Waals surface area (Å²) >= 11 is 0. The third kappa shape index (κ3) is 3.95. The van der Waals surface area contributed by atoms with Gasteiger partial charge in [-0.15, -0.1) is 0 Å². The van der Waals surface area contributed by atoms with Crippen molar-refractivity contribution >= 4 is 28.8 Å². The molecule has 130 valence electrons. The molecule has 1 amide bonds. The molecule has 1 heterocycles. The summed E-state index contributed by atoms with van der Waals surface area (Å²) in [6.07, 6.45) is 3.23. The molecule has 0 aliphatic carbocycles. The number of carbonyl (C=O) groups excluding carboxylic acids is 2. The molecule has 26 heavy (non-hydrogen) atoms. The van der Waals surface area contributed by atoms with Gasteiger partial charge in [0, 0.05) is 30.2 Å². The Morgan fingerprint density at radius 2 is 1.65 bits per heavy atom. The van der Waals surface area contributed by atoms with E-state index in [1.54, 1.807) is 36.5 Å². The van der Waals surface area contributed by atoms with Gasteiger partial charge in [-0.2, -0.15) is 0 Å². The number of para-hydroxylation sites is 1. The van der Waals surface area contributed by atoms with E-state index in [1.165, 1.54) is 13.1 Å². The van der Waals surface area contributed by atoms with E-state index in [9.17, 15) is 9.59 Å². The molecule has 1 N–H and O–H groups in total. The van der Waals surface area contributed by atoms with Crippen molar-refractivity contribution in [1.82, 2.24) is 4.98 Å². The molecule has 5 heteroatoms. The van der Waals surface area contributed by atoms with Crippen LogP contribution in [0.2, 0.25) is 0 Å². The van der Waals surface area contributed by atoms with Crippen LogP contribution in [0.25, 0.3) is 0 Å². The minimum absolute atomic E-state index is 0.0470. The van der Waals surface area contributed by atoms with Gasteiger partial charge in [0.1, 0.15) is 0 Å². The quantitative estimate of drug-likeness (QED) is 0.700. The Kier molecular flexibility index (Phi) is 5.08. The van der Waals surface area contributed by atoms with E-state index in [2.05, 4.69) is 10.3 Å². The second-order valence-corrected chi connectivity index (χ2v) is 5.92. The number of rotatable bonds is 5. The summed E-state index contributed by atoms with van der Waals surface area (Å²) in [5.74, 6) is -0.323. The lowest BCUT2D eigenvalue weighted by molar-refractivity contribution is 0.101. The Balaban J connectivity index is 1.80. The van der Waals surface area contributed by atoms with Gasteiger partial charge in [-0.05, 0) is 37.3 Å². The average molecular weight is 345 g/mol. The van der Waals surface area contributed by atoms with E-state index in [0.717, 1.165) is 11.4 Å². The SMILES string of the molecule is CC(=O)c1cccc(NC(=O)c2cncc(N(C)c3ccccc3)c2)c1. The number of anilines is 3. The number of nitrogens with one attached hydrogen (secondary N) is 1. The highest BCUT2D eigenvalue weighted by Crippen LogP contribution is 2.23. The second-order valence-electron chi connectivity index (χ2n) is 5.92. The van der Waals surface area contributed by atoms with Crippen LogP contribution in [0.1, 0.15) is 27.6 Å². The second kappa shape index (κ2) is 7.61. The molecule has 0 spiro atoms. The van der Waals surface area contributed by atoms with Crippen molar-refractivity contribution in [3.63, 3.8) is 0 Å². The van der Waals surface area contributed by atoms with E-state index in [-0.39, 0.29) is 11.7 Å². The van der Waals surface area contributed by atoms with E-state index in [0.29, 0.717) is 16.8 Å². The number of pyridine rings is 1. The summed E-state index contributed by atoms with van der Waals surface area (Å²) in [4.78, 5) is 30.2. The van der Waals surface area contributed by atoms with Gasteiger partial charge in [-0.3, -0.25) is 14.6 Å². The van der Waals surface area contributed by atoms with Crippen LogP contribution in [-0.2, 0) is 0 Å². The first-order valence-corrected chi connectivity index (χ1v) is 8.21. The van der Waals surface area contributed by atoms with Gasteiger partial charge in [0.15, 0.2) is 5.78 Å². The molecule has 0 bridgehead atoms. The highest BCUT2D eigenvalue weighted by Gasteiger charge is 2.11. The molecule has 0 radical (unpaired) electrons. The van der Waals surface area contributed by atoms with Crippen LogP contribution < -0.4 is 10.2 Å². The van der Waals surface area contributed by atoms with Crippen molar-refractivity contribution < 1.29 is 9.59 Å². The zero-order valence-electron chi connectivity index (χ0n) is 14.6. The maximum absolute atomic E-state index is 12.6. The largest absolute Gasteiger partial charge is 0.343 e. The molecule has 0 saturated heterocycles. The predicted molar refractivity (Wildman–Crippen MR) is 103 cm³/mol. The summed E-state index contributed by atoms with van der Waals surface area (Å²) < 4.78 is 0. The Hall–Kier alpha value is -3.47. The summed E-state index contributed by atoms with van der Waals surface area (Å²) in [7, 11) is 1.92. The number of benzene rings is 2. The van der Waals surface area contributed by atoms with Gasteiger partial charge >= 0.3 is 0 Å². The molecule has 0 fully saturated rings. The first kappa shape index (κ1) is 17.4. The zero-order chi connectivity index (χ0) is 18.5. The number of carbonyl (C=O) groups is 2.